The fourth-order valence-corrected chi connectivity index (χ4v) is 7.67. The third-order valence-corrected chi connectivity index (χ3v) is 8.85. The summed E-state index contributed by atoms with van der Waals surface area (Å²) >= 11 is 0. The molecule has 1 saturated heterocycles. The summed E-state index contributed by atoms with van der Waals surface area (Å²) in [6, 6.07) is 0. The molecule has 0 radical (unpaired) electrons. The zero-order valence-electron chi connectivity index (χ0n) is 15.0. The lowest BCUT2D eigenvalue weighted by Gasteiger charge is -2.49. The number of nitrogens with one attached hydrogen (secondary N) is 1. The molecule has 1 aliphatic heterocycles. The first-order chi connectivity index (χ1) is 10.9. The number of ether oxygens (including phenoxy) is 1. The maximum Gasteiger partial charge on any atom is 0.271 e. The Bertz CT molecular complexity index is 704. The molecule has 0 aromatic heterocycles. The van der Waals surface area contributed by atoms with Crippen LogP contribution in [0.15, 0.2) is 12.2 Å². The van der Waals surface area contributed by atoms with E-state index < -0.39 is 26.6 Å². The normalized spacial score (nSPS) is 47.8. The second-order valence-electron chi connectivity index (χ2n) is 8.08. The van der Waals surface area contributed by atoms with E-state index in [0.29, 0.717) is 25.1 Å². The van der Waals surface area contributed by atoms with E-state index in [1.165, 1.54) is 0 Å². The van der Waals surface area contributed by atoms with Crippen LogP contribution >= 0.6 is 0 Å². The van der Waals surface area contributed by atoms with Crippen molar-refractivity contribution in [2.75, 3.05) is 13.2 Å². The summed E-state index contributed by atoms with van der Waals surface area (Å²) in [5, 5.41) is 2.31. The Morgan fingerprint density at radius 3 is 2.58 bits per heavy atom. The molecule has 1 N–H and O–H groups in total. The molecule has 24 heavy (non-hydrogen) atoms. The van der Waals surface area contributed by atoms with Crippen molar-refractivity contribution >= 4 is 16.0 Å². The van der Waals surface area contributed by atoms with Crippen LogP contribution in [0.4, 0.5) is 0 Å². The molecule has 6 unspecified atom stereocenters. The van der Waals surface area contributed by atoms with E-state index in [4.69, 9.17) is 8.92 Å². The Balaban J connectivity index is 1.80. The molecule has 6 atom stereocenters. The van der Waals surface area contributed by atoms with Crippen LogP contribution in [0.1, 0.15) is 41.0 Å². The lowest BCUT2D eigenvalue weighted by Crippen LogP contribution is -2.60. The van der Waals surface area contributed by atoms with Crippen molar-refractivity contribution in [3.05, 3.63) is 12.2 Å². The number of carbonyl (C=O) groups excluding carboxylic acids is 1. The molecule has 0 aromatic carbocycles. The topological polar surface area (TPSA) is 81.7 Å². The van der Waals surface area contributed by atoms with Gasteiger partial charge in [-0.1, -0.05) is 20.4 Å². The van der Waals surface area contributed by atoms with Gasteiger partial charge in [0.25, 0.3) is 10.1 Å². The van der Waals surface area contributed by atoms with Crippen LogP contribution in [0.2, 0.25) is 0 Å². The highest BCUT2D eigenvalue weighted by molar-refractivity contribution is 7.87. The molecule has 0 spiro atoms. The molecular weight excluding hydrogens is 330 g/mol. The largest absolute Gasteiger partial charge is 0.370 e. The molecule has 3 rings (SSSR count). The van der Waals surface area contributed by atoms with Crippen molar-refractivity contribution < 1.29 is 22.1 Å². The Morgan fingerprint density at radius 1 is 1.38 bits per heavy atom. The molecule has 3 fully saturated rings. The van der Waals surface area contributed by atoms with Gasteiger partial charge in [-0.2, -0.15) is 8.42 Å². The van der Waals surface area contributed by atoms with Gasteiger partial charge in [0.1, 0.15) is 11.2 Å². The highest BCUT2D eigenvalue weighted by atomic mass is 32.2. The lowest BCUT2D eigenvalue weighted by molar-refractivity contribution is -0.191. The van der Waals surface area contributed by atoms with E-state index in [0.717, 1.165) is 0 Å². The van der Waals surface area contributed by atoms with Crippen LogP contribution in [0.5, 0.6) is 0 Å². The summed E-state index contributed by atoms with van der Waals surface area (Å²) in [5.74, 6) is -0.0652. The molecule has 6 nitrogen and oxygen atoms in total. The first-order valence-corrected chi connectivity index (χ1v) is 9.90. The minimum absolute atomic E-state index is 0.0532. The van der Waals surface area contributed by atoms with Crippen molar-refractivity contribution in [3.63, 3.8) is 0 Å². The number of rotatable bonds is 5. The van der Waals surface area contributed by atoms with Crippen LogP contribution in [0.25, 0.3) is 0 Å². The van der Waals surface area contributed by atoms with Gasteiger partial charge in [0.05, 0.1) is 11.9 Å². The number of hydrogen-bond acceptors (Lipinski definition) is 5. The summed E-state index contributed by atoms with van der Waals surface area (Å²) in [4.78, 5) is 11.6. The van der Waals surface area contributed by atoms with E-state index in [1.807, 2.05) is 13.8 Å². The van der Waals surface area contributed by atoms with Gasteiger partial charge >= 0.3 is 0 Å². The molecule has 3 aliphatic rings. The molecule has 7 heteroatoms. The summed E-state index contributed by atoms with van der Waals surface area (Å²) in [5.41, 5.74) is -1.42. The van der Waals surface area contributed by atoms with Gasteiger partial charge in [0, 0.05) is 23.5 Å². The van der Waals surface area contributed by atoms with Crippen molar-refractivity contribution in [1.29, 1.82) is 0 Å². The minimum Gasteiger partial charge on any atom is -0.370 e. The number of fused-ring (bicyclic) bond motifs is 1. The molecule has 2 aliphatic carbocycles. The first kappa shape index (κ1) is 17.9. The molecule has 1 heterocycles. The molecular formula is C17H27NO5S. The fourth-order valence-electron chi connectivity index (χ4n) is 5.39. The second-order valence-corrected chi connectivity index (χ2v) is 9.83. The van der Waals surface area contributed by atoms with Crippen LogP contribution in [-0.4, -0.2) is 43.9 Å². The average Bonchev–Trinajstić information content (AvgIpc) is 2.89. The monoisotopic (exact) mass is 357 g/mol. The highest BCUT2D eigenvalue weighted by Gasteiger charge is 2.83. The van der Waals surface area contributed by atoms with Crippen LogP contribution in [0.3, 0.4) is 0 Å². The van der Waals surface area contributed by atoms with E-state index >= 15 is 0 Å². The van der Waals surface area contributed by atoms with Crippen molar-refractivity contribution in [3.8, 4) is 0 Å². The Morgan fingerprint density at radius 2 is 2.00 bits per heavy atom. The molecule has 2 saturated carbocycles. The van der Waals surface area contributed by atoms with Crippen LogP contribution in [0, 0.1) is 17.3 Å². The maximum absolute atomic E-state index is 12.4. The van der Waals surface area contributed by atoms with E-state index in [1.54, 1.807) is 6.92 Å². The maximum atomic E-state index is 12.4. The molecule has 2 bridgehead atoms. The van der Waals surface area contributed by atoms with Crippen LogP contribution < -0.4 is 5.32 Å². The molecule has 136 valence electrons. The van der Waals surface area contributed by atoms with Gasteiger partial charge in [-0.05, 0) is 33.1 Å². The van der Waals surface area contributed by atoms with Crippen molar-refractivity contribution in [2.24, 2.45) is 17.3 Å². The minimum atomic E-state index is -3.55. The third-order valence-electron chi connectivity index (χ3n) is 7.07. The highest BCUT2D eigenvalue weighted by Crippen LogP contribution is 2.74. The summed E-state index contributed by atoms with van der Waals surface area (Å²) in [7, 11) is -3.55. The van der Waals surface area contributed by atoms with Gasteiger partial charge in [-0.3, -0.25) is 8.98 Å². The average molecular weight is 357 g/mol. The summed E-state index contributed by atoms with van der Waals surface area (Å²) in [6.07, 6.45) is 0.561. The number of carbonyl (C=O) groups is 1. The van der Waals surface area contributed by atoms with Gasteiger partial charge < -0.3 is 10.1 Å². The van der Waals surface area contributed by atoms with Gasteiger partial charge in [0.15, 0.2) is 0 Å². The van der Waals surface area contributed by atoms with Gasteiger partial charge in [-0.25, -0.2) is 0 Å². The number of hydrogen-bond donors (Lipinski definition) is 1. The van der Waals surface area contributed by atoms with E-state index in [-0.39, 0.29) is 23.2 Å². The summed E-state index contributed by atoms with van der Waals surface area (Å²) in [6.45, 7) is 13.9. The van der Waals surface area contributed by atoms with E-state index in [9.17, 15) is 13.2 Å². The smallest absolute Gasteiger partial charge is 0.271 e. The Hall–Kier alpha value is -0.920. The third kappa shape index (κ3) is 1.95. The quantitative estimate of drug-likeness (QED) is 0.459. The van der Waals surface area contributed by atoms with Crippen molar-refractivity contribution in [2.45, 2.75) is 57.5 Å². The standard InChI is InChI=1S/C17H27NO5S/c1-10(2)14(19)18-7-8-22-17(6)15(4)9-12-13(11(15)3)16(17,5)23-24(12,20)21/h11-13H,1,7-9H2,2-6H3,(H,18,19). The number of amides is 1. The van der Waals surface area contributed by atoms with Crippen LogP contribution in [-0.2, 0) is 23.8 Å². The molecule has 1 amide bonds. The predicted octanol–water partition coefficient (Wildman–Crippen LogP) is 1.62. The zero-order chi connectivity index (χ0) is 18.1. The van der Waals surface area contributed by atoms with Crippen molar-refractivity contribution in [1.82, 2.24) is 5.32 Å². The Labute approximate surface area is 144 Å². The Kier molecular flexibility index (Phi) is 3.76. The SMILES string of the molecule is C=C(C)C(=O)NCCOC1(C)C2(C)CC3C(C2C)C1(C)OS3(=O)=O. The first-order valence-electron chi connectivity index (χ1n) is 8.43. The molecule has 0 aromatic rings. The predicted molar refractivity (Wildman–Crippen MR) is 89.8 cm³/mol. The zero-order valence-corrected chi connectivity index (χ0v) is 15.8. The second kappa shape index (κ2) is 5.05. The fraction of sp³-hybridized carbons (Fsp3) is 0.824. The van der Waals surface area contributed by atoms with E-state index in [2.05, 4.69) is 25.7 Å². The summed E-state index contributed by atoms with van der Waals surface area (Å²) < 4.78 is 36.7. The van der Waals surface area contributed by atoms with Gasteiger partial charge in [-0.15, -0.1) is 0 Å². The lowest BCUT2D eigenvalue weighted by atomic mass is 9.66. The van der Waals surface area contributed by atoms with Gasteiger partial charge in [0.2, 0.25) is 5.91 Å².